The first-order valence-electron chi connectivity index (χ1n) is 4.64. The fraction of sp³-hybridized carbons (Fsp3) is 0.400. The van der Waals surface area contributed by atoms with Crippen molar-refractivity contribution in [3.05, 3.63) is 33.9 Å². The first-order chi connectivity index (χ1) is 7.07. The molecule has 1 rings (SSSR count). The van der Waals surface area contributed by atoms with E-state index in [4.69, 9.17) is 5.11 Å². The molecule has 5 nitrogen and oxygen atoms in total. The number of anilines is 1. The molecule has 0 atom stereocenters. The van der Waals surface area contributed by atoms with E-state index in [-0.39, 0.29) is 12.3 Å². The zero-order valence-electron chi connectivity index (χ0n) is 8.80. The van der Waals surface area contributed by atoms with Crippen LogP contribution in [0.15, 0.2) is 18.2 Å². The molecular formula is C10H14N2O3. The van der Waals surface area contributed by atoms with Crippen LogP contribution in [0.25, 0.3) is 0 Å². The van der Waals surface area contributed by atoms with Gasteiger partial charge in [0.2, 0.25) is 0 Å². The van der Waals surface area contributed by atoms with Crippen LogP contribution in [-0.4, -0.2) is 30.2 Å². The van der Waals surface area contributed by atoms with E-state index in [2.05, 4.69) is 0 Å². The predicted molar refractivity (Wildman–Crippen MR) is 58.2 cm³/mol. The predicted octanol–water partition coefficient (Wildman–Crippen LogP) is 1.33. The minimum atomic E-state index is -0.390. The number of hydrogen-bond donors (Lipinski definition) is 1. The highest BCUT2D eigenvalue weighted by atomic mass is 16.6. The Bertz CT molecular complexity index is 366. The van der Waals surface area contributed by atoms with E-state index in [1.165, 1.54) is 0 Å². The zero-order valence-corrected chi connectivity index (χ0v) is 8.80. The molecule has 0 aliphatic carbocycles. The summed E-state index contributed by atoms with van der Waals surface area (Å²) in [4.78, 5) is 12.1. The summed E-state index contributed by atoms with van der Waals surface area (Å²) in [5, 5.41) is 19.7. The van der Waals surface area contributed by atoms with Gasteiger partial charge >= 0.3 is 0 Å². The summed E-state index contributed by atoms with van der Waals surface area (Å²) < 4.78 is 0. The number of rotatable bonds is 4. The first-order valence-corrected chi connectivity index (χ1v) is 4.64. The van der Waals surface area contributed by atoms with Crippen LogP contribution in [0.3, 0.4) is 0 Å². The van der Waals surface area contributed by atoms with Crippen molar-refractivity contribution in [1.29, 1.82) is 0 Å². The maximum Gasteiger partial charge on any atom is 0.295 e. The van der Waals surface area contributed by atoms with E-state index >= 15 is 0 Å². The SMILES string of the molecule is Cc1cccc(N(C)CCO)c1[N+](=O)[O-]. The fourth-order valence-corrected chi connectivity index (χ4v) is 1.46. The molecule has 1 aromatic rings. The second-order valence-electron chi connectivity index (χ2n) is 3.34. The summed E-state index contributed by atoms with van der Waals surface area (Å²) in [5.74, 6) is 0. The Labute approximate surface area is 88.1 Å². The van der Waals surface area contributed by atoms with Crippen LogP contribution in [0, 0.1) is 17.0 Å². The molecule has 0 fully saturated rings. The van der Waals surface area contributed by atoms with Crippen molar-refractivity contribution in [3.63, 3.8) is 0 Å². The molecular weight excluding hydrogens is 196 g/mol. The molecule has 0 aliphatic heterocycles. The van der Waals surface area contributed by atoms with E-state index in [9.17, 15) is 10.1 Å². The van der Waals surface area contributed by atoms with Gasteiger partial charge < -0.3 is 10.0 Å². The largest absolute Gasteiger partial charge is 0.395 e. The van der Waals surface area contributed by atoms with Crippen molar-refractivity contribution in [2.75, 3.05) is 25.1 Å². The highest BCUT2D eigenvalue weighted by molar-refractivity contribution is 5.66. The molecule has 15 heavy (non-hydrogen) atoms. The Hall–Kier alpha value is -1.62. The standard InChI is InChI=1S/C10H14N2O3/c1-8-4-3-5-9(10(8)12(14)15)11(2)6-7-13/h3-5,13H,6-7H2,1-2H3. The van der Waals surface area contributed by atoms with E-state index in [1.54, 1.807) is 37.1 Å². The third-order valence-electron chi connectivity index (χ3n) is 2.25. The Morgan fingerprint density at radius 2 is 2.20 bits per heavy atom. The maximum atomic E-state index is 10.9. The zero-order chi connectivity index (χ0) is 11.4. The van der Waals surface area contributed by atoms with Crippen molar-refractivity contribution in [3.8, 4) is 0 Å². The van der Waals surface area contributed by atoms with Gasteiger partial charge in [-0.25, -0.2) is 0 Å². The first kappa shape index (κ1) is 11.5. The Balaban J connectivity index is 3.16. The molecule has 0 amide bonds. The van der Waals surface area contributed by atoms with Crippen LogP contribution in [-0.2, 0) is 0 Å². The topological polar surface area (TPSA) is 66.6 Å². The number of hydrogen-bond acceptors (Lipinski definition) is 4. The minimum Gasteiger partial charge on any atom is -0.395 e. The number of aliphatic hydroxyl groups is 1. The van der Waals surface area contributed by atoms with Gasteiger partial charge in [-0.15, -0.1) is 0 Å². The smallest absolute Gasteiger partial charge is 0.295 e. The Morgan fingerprint density at radius 1 is 1.53 bits per heavy atom. The molecule has 0 heterocycles. The minimum absolute atomic E-state index is 0.0262. The summed E-state index contributed by atoms with van der Waals surface area (Å²) in [6.45, 7) is 2.06. The summed E-state index contributed by atoms with van der Waals surface area (Å²) in [6, 6.07) is 5.15. The molecule has 0 bridgehead atoms. The van der Waals surface area contributed by atoms with Crippen molar-refractivity contribution >= 4 is 11.4 Å². The van der Waals surface area contributed by atoms with Gasteiger partial charge in [0.05, 0.1) is 11.5 Å². The summed E-state index contributed by atoms with van der Waals surface area (Å²) in [6.07, 6.45) is 0. The summed E-state index contributed by atoms with van der Waals surface area (Å²) in [5.41, 5.74) is 1.27. The molecule has 0 saturated heterocycles. The van der Waals surface area contributed by atoms with Gasteiger partial charge in [0.1, 0.15) is 5.69 Å². The molecule has 0 unspecified atom stereocenters. The molecule has 1 aromatic carbocycles. The fourth-order valence-electron chi connectivity index (χ4n) is 1.46. The third kappa shape index (κ3) is 2.44. The van der Waals surface area contributed by atoms with Crippen molar-refractivity contribution in [2.45, 2.75) is 6.92 Å². The van der Waals surface area contributed by atoms with E-state index in [1.807, 2.05) is 0 Å². The number of aliphatic hydroxyl groups excluding tert-OH is 1. The average molecular weight is 210 g/mol. The van der Waals surface area contributed by atoms with Crippen molar-refractivity contribution in [1.82, 2.24) is 0 Å². The van der Waals surface area contributed by atoms with Gasteiger partial charge in [-0.3, -0.25) is 10.1 Å². The molecule has 0 aliphatic rings. The normalized spacial score (nSPS) is 10.1. The average Bonchev–Trinajstić information content (AvgIpc) is 2.17. The Kier molecular flexibility index (Phi) is 3.62. The number of nitro benzene ring substituents is 1. The quantitative estimate of drug-likeness (QED) is 0.601. The maximum absolute atomic E-state index is 10.9. The van der Waals surface area contributed by atoms with Gasteiger partial charge in [0, 0.05) is 19.2 Å². The lowest BCUT2D eigenvalue weighted by atomic mass is 10.1. The van der Waals surface area contributed by atoms with E-state index in [0.29, 0.717) is 17.8 Å². The highest BCUT2D eigenvalue weighted by Crippen LogP contribution is 2.30. The lowest BCUT2D eigenvalue weighted by Crippen LogP contribution is -2.22. The number of nitrogens with zero attached hydrogens (tertiary/aromatic N) is 2. The summed E-state index contributed by atoms with van der Waals surface area (Å²) >= 11 is 0. The van der Waals surface area contributed by atoms with Gasteiger partial charge in [0.15, 0.2) is 0 Å². The second kappa shape index (κ2) is 4.75. The van der Waals surface area contributed by atoms with Crippen LogP contribution >= 0.6 is 0 Å². The monoisotopic (exact) mass is 210 g/mol. The van der Waals surface area contributed by atoms with Crippen LogP contribution in [0.4, 0.5) is 11.4 Å². The lowest BCUT2D eigenvalue weighted by molar-refractivity contribution is -0.384. The van der Waals surface area contributed by atoms with Crippen molar-refractivity contribution < 1.29 is 10.0 Å². The number of para-hydroxylation sites is 1. The van der Waals surface area contributed by atoms with Crippen LogP contribution in [0.5, 0.6) is 0 Å². The summed E-state index contributed by atoms with van der Waals surface area (Å²) in [7, 11) is 1.72. The highest BCUT2D eigenvalue weighted by Gasteiger charge is 2.18. The molecule has 0 radical (unpaired) electrons. The molecule has 82 valence electrons. The number of nitro groups is 1. The van der Waals surface area contributed by atoms with Crippen molar-refractivity contribution in [2.24, 2.45) is 0 Å². The Morgan fingerprint density at radius 3 is 2.73 bits per heavy atom. The molecule has 5 heteroatoms. The third-order valence-corrected chi connectivity index (χ3v) is 2.25. The van der Waals surface area contributed by atoms with Crippen LogP contribution in [0.1, 0.15) is 5.56 Å². The van der Waals surface area contributed by atoms with Gasteiger partial charge in [-0.05, 0) is 13.0 Å². The second-order valence-corrected chi connectivity index (χ2v) is 3.34. The van der Waals surface area contributed by atoms with E-state index < -0.39 is 4.92 Å². The van der Waals surface area contributed by atoms with Crippen LogP contribution in [0.2, 0.25) is 0 Å². The van der Waals surface area contributed by atoms with Crippen LogP contribution < -0.4 is 4.90 Å². The number of aryl methyl sites for hydroxylation is 1. The molecule has 0 saturated carbocycles. The number of benzene rings is 1. The van der Waals surface area contributed by atoms with Gasteiger partial charge in [0.25, 0.3) is 5.69 Å². The van der Waals surface area contributed by atoms with E-state index in [0.717, 1.165) is 0 Å². The van der Waals surface area contributed by atoms with Gasteiger partial charge in [-0.1, -0.05) is 12.1 Å². The molecule has 0 spiro atoms. The van der Waals surface area contributed by atoms with Gasteiger partial charge in [-0.2, -0.15) is 0 Å². The molecule has 0 aromatic heterocycles. The molecule has 1 N–H and O–H groups in total. The number of likely N-dealkylation sites (N-methyl/N-ethyl adjacent to an activating group) is 1. The lowest BCUT2D eigenvalue weighted by Gasteiger charge is -2.18.